The molecule has 0 bridgehead atoms. The number of piperazine rings is 1. The normalized spacial score (nSPS) is 15.9. The summed E-state index contributed by atoms with van der Waals surface area (Å²) in [5.41, 5.74) is 5.31. The van der Waals surface area contributed by atoms with Crippen LogP contribution < -0.4 is 20.3 Å². The van der Waals surface area contributed by atoms with Crippen LogP contribution in [-0.2, 0) is 9.53 Å². The first-order chi connectivity index (χ1) is 13.9. The number of primary amides is 1. The van der Waals surface area contributed by atoms with E-state index in [0.717, 1.165) is 39.0 Å². The van der Waals surface area contributed by atoms with Crippen molar-refractivity contribution in [2.75, 3.05) is 76.4 Å². The van der Waals surface area contributed by atoms with Gasteiger partial charge in [-0.05, 0) is 19.4 Å². The molecule has 2 N–H and O–H groups in total. The van der Waals surface area contributed by atoms with Crippen LogP contribution >= 0.6 is 0 Å². The number of anilines is 2. The molecule has 1 fully saturated rings. The predicted octanol–water partition coefficient (Wildman–Crippen LogP) is 0.377. The molecule has 164 valence electrons. The maximum atomic E-state index is 11.3. The fourth-order valence-electron chi connectivity index (χ4n) is 2.81. The van der Waals surface area contributed by atoms with Crippen molar-refractivity contribution in [2.24, 2.45) is 11.7 Å². The summed E-state index contributed by atoms with van der Waals surface area (Å²) in [4.78, 5) is 30.5. The van der Waals surface area contributed by atoms with Crippen LogP contribution in [0.2, 0.25) is 0 Å². The zero-order chi connectivity index (χ0) is 21.2. The van der Waals surface area contributed by atoms with Gasteiger partial charge in [0.2, 0.25) is 17.8 Å². The number of hydrogen-bond acceptors (Lipinski definition) is 9. The SMILES string of the molecule is CCC(C)CCOCCOc1nc(N(C)CC(N)=O)nc(N2CCN(C)CC2)n1. The van der Waals surface area contributed by atoms with Gasteiger partial charge in [0.15, 0.2) is 0 Å². The highest BCUT2D eigenvalue weighted by atomic mass is 16.5. The van der Waals surface area contributed by atoms with Gasteiger partial charge in [-0.1, -0.05) is 20.3 Å². The van der Waals surface area contributed by atoms with Gasteiger partial charge < -0.3 is 29.9 Å². The number of hydrogen-bond donors (Lipinski definition) is 1. The van der Waals surface area contributed by atoms with Crippen LogP contribution in [0.15, 0.2) is 0 Å². The van der Waals surface area contributed by atoms with E-state index in [9.17, 15) is 4.79 Å². The molecule has 0 radical (unpaired) electrons. The van der Waals surface area contributed by atoms with E-state index in [4.69, 9.17) is 15.2 Å². The van der Waals surface area contributed by atoms with Crippen LogP contribution in [0.4, 0.5) is 11.9 Å². The van der Waals surface area contributed by atoms with E-state index >= 15 is 0 Å². The zero-order valence-electron chi connectivity index (χ0n) is 18.1. The van der Waals surface area contributed by atoms with Crippen LogP contribution in [-0.4, -0.2) is 92.4 Å². The molecule has 1 amide bonds. The summed E-state index contributed by atoms with van der Waals surface area (Å²) < 4.78 is 11.4. The highest BCUT2D eigenvalue weighted by Crippen LogP contribution is 2.18. The third kappa shape index (κ3) is 7.98. The lowest BCUT2D eigenvalue weighted by molar-refractivity contribution is -0.116. The molecule has 2 rings (SSSR count). The first-order valence-corrected chi connectivity index (χ1v) is 10.3. The molecule has 0 aromatic carbocycles. The molecule has 0 saturated carbocycles. The van der Waals surface area contributed by atoms with Crippen LogP contribution in [0, 0.1) is 5.92 Å². The Kier molecular flexibility index (Phi) is 9.33. The van der Waals surface area contributed by atoms with Crippen molar-refractivity contribution in [1.29, 1.82) is 0 Å². The van der Waals surface area contributed by atoms with Crippen molar-refractivity contribution in [1.82, 2.24) is 19.9 Å². The second kappa shape index (κ2) is 11.7. The van der Waals surface area contributed by atoms with Crippen molar-refractivity contribution >= 4 is 17.8 Å². The second-order valence-corrected chi connectivity index (χ2v) is 7.59. The van der Waals surface area contributed by atoms with Crippen LogP contribution in [0.1, 0.15) is 26.7 Å². The molecule has 29 heavy (non-hydrogen) atoms. The Balaban J connectivity index is 1.99. The standard InChI is InChI=1S/C19H35N7O3/c1-5-15(2)6-11-28-12-13-29-19-22-17(25(4)14-16(20)27)21-18(23-19)26-9-7-24(3)8-10-26/h15H,5-14H2,1-4H3,(H2,20,27). The zero-order valence-corrected chi connectivity index (χ0v) is 18.1. The minimum absolute atomic E-state index is 0.0182. The quantitative estimate of drug-likeness (QED) is 0.490. The van der Waals surface area contributed by atoms with E-state index in [1.54, 1.807) is 11.9 Å². The van der Waals surface area contributed by atoms with Gasteiger partial charge in [-0.15, -0.1) is 0 Å². The molecule has 1 aliphatic rings. The fraction of sp³-hybridized carbons (Fsp3) is 0.789. The summed E-state index contributed by atoms with van der Waals surface area (Å²) in [7, 11) is 3.81. The number of amides is 1. The summed E-state index contributed by atoms with van der Waals surface area (Å²) in [6.45, 7) is 9.45. The highest BCUT2D eigenvalue weighted by molar-refractivity contribution is 5.78. The average Bonchev–Trinajstić information content (AvgIpc) is 2.70. The van der Waals surface area contributed by atoms with Crippen molar-refractivity contribution in [3.05, 3.63) is 0 Å². The number of nitrogens with zero attached hydrogens (tertiary/aromatic N) is 6. The number of likely N-dealkylation sites (N-methyl/N-ethyl adjacent to an activating group) is 2. The maximum absolute atomic E-state index is 11.3. The minimum Gasteiger partial charge on any atom is -0.461 e. The van der Waals surface area contributed by atoms with E-state index in [1.807, 2.05) is 0 Å². The largest absolute Gasteiger partial charge is 0.461 e. The molecule has 10 heteroatoms. The number of carbonyl (C=O) groups excluding carboxylic acids is 1. The molecule has 1 aliphatic heterocycles. The molecule has 0 spiro atoms. The molecular weight excluding hydrogens is 374 g/mol. The van der Waals surface area contributed by atoms with Crippen molar-refractivity contribution < 1.29 is 14.3 Å². The Morgan fingerprint density at radius 2 is 1.90 bits per heavy atom. The van der Waals surface area contributed by atoms with E-state index < -0.39 is 5.91 Å². The highest BCUT2D eigenvalue weighted by Gasteiger charge is 2.20. The Labute approximate surface area is 173 Å². The Hall–Kier alpha value is -2.20. The average molecular weight is 410 g/mol. The van der Waals surface area contributed by atoms with Gasteiger partial charge in [-0.25, -0.2) is 0 Å². The van der Waals surface area contributed by atoms with Gasteiger partial charge in [0.1, 0.15) is 6.61 Å². The number of carbonyl (C=O) groups is 1. The summed E-state index contributed by atoms with van der Waals surface area (Å²) in [6, 6.07) is 0.228. The monoisotopic (exact) mass is 409 g/mol. The minimum atomic E-state index is -0.453. The molecule has 0 aliphatic carbocycles. The van der Waals surface area contributed by atoms with Crippen LogP contribution in [0.25, 0.3) is 0 Å². The van der Waals surface area contributed by atoms with Gasteiger partial charge in [0, 0.05) is 39.8 Å². The lowest BCUT2D eigenvalue weighted by Crippen LogP contribution is -2.45. The van der Waals surface area contributed by atoms with Gasteiger partial charge >= 0.3 is 6.01 Å². The summed E-state index contributed by atoms with van der Waals surface area (Å²) in [5, 5.41) is 0. The molecule has 1 aromatic rings. The van der Waals surface area contributed by atoms with Gasteiger partial charge in [0.05, 0.1) is 13.2 Å². The molecular formula is C19H35N7O3. The summed E-state index contributed by atoms with van der Waals surface area (Å²) in [5.74, 6) is 1.12. The van der Waals surface area contributed by atoms with Crippen LogP contribution in [0.3, 0.4) is 0 Å². The van der Waals surface area contributed by atoms with Gasteiger partial charge in [-0.3, -0.25) is 4.79 Å². The molecule has 1 saturated heterocycles. The first-order valence-electron chi connectivity index (χ1n) is 10.3. The number of nitrogens with two attached hydrogens (primary N) is 1. The van der Waals surface area contributed by atoms with Gasteiger partial charge in [-0.2, -0.15) is 15.0 Å². The molecule has 1 atom stereocenters. The lowest BCUT2D eigenvalue weighted by Gasteiger charge is -2.32. The summed E-state index contributed by atoms with van der Waals surface area (Å²) >= 11 is 0. The Bertz CT molecular complexity index is 638. The van der Waals surface area contributed by atoms with Crippen molar-refractivity contribution in [3.8, 4) is 6.01 Å². The van der Waals surface area contributed by atoms with E-state index in [1.165, 1.54) is 0 Å². The fourth-order valence-corrected chi connectivity index (χ4v) is 2.81. The second-order valence-electron chi connectivity index (χ2n) is 7.59. The Morgan fingerprint density at radius 1 is 1.17 bits per heavy atom. The third-order valence-electron chi connectivity index (χ3n) is 5.02. The number of ether oxygens (including phenoxy) is 2. The Morgan fingerprint density at radius 3 is 2.55 bits per heavy atom. The predicted molar refractivity (Wildman–Crippen MR) is 112 cm³/mol. The van der Waals surface area contributed by atoms with Crippen molar-refractivity contribution in [3.63, 3.8) is 0 Å². The smallest absolute Gasteiger partial charge is 0.323 e. The van der Waals surface area contributed by atoms with E-state index in [-0.39, 0.29) is 12.6 Å². The summed E-state index contributed by atoms with van der Waals surface area (Å²) in [6.07, 6.45) is 2.19. The van der Waals surface area contributed by atoms with Crippen molar-refractivity contribution in [2.45, 2.75) is 26.7 Å². The van der Waals surface area contributed by atoms with Gasteiger partial charge in [0.25, 0.3) is 0 Å². The topological polar surface area (TPSA) is 110 Å². The molecule has 1 unspecified atom stereocenters. The molecule has 1 aromatic heterocycles. The molecule has 2 heterocycles. The first kappa shape index (κ1) is 23.1. The van der Waals surface area contributed by atoms with E-state index in [0.29, 0.717) is 37.6 Å². The number of aromatic nitrogens is 3. The molecule has 10 nitrogen and oxygen atoms in total. The number of rotatable bonds is 12. The van der Waals surface area contributed by atoms with E-state index in [2.05, 4.69) is 45.6 Å². The lowest BCUT2D eigenvalue weighted by atomic mass is 10.1. The maximum Gasteiger partial charge on any atom is 0.323 e. The third-order valence-corrected chi connectivity index (χ3v) is 5.02. The van der Waals surface area contributed by atoms with Crippen LogP contribution in [0.5, 0.6) is 6.01 Å².